The van der Waals surface area contributed by atoms with Gasteiger partial charge >= 0.3 is 6.03 Å². The maximum atomic E-state index is 12.5. The first-order valence-electron chi connectivity index (χ1n) is 8.86. The number of likely N-dealkylation sites (N-methyl/N-ethyl adjacent to an activating group) is 1. The quantitative estimate of drug-likeness (QED) is 0.765. The second-order valence-corrected chi connectivity index (χ2v) is 7.70. The number of nitrogens with zero attached hydrogens (tertiary/aromatic N) is 1. The molecule has 0 aliphatic heterocycles. The van der Waals surface area contributed by atoms with Crippen LogP contribution in [0, 0.1) is 6.92 Å². The van der Waals surface area contributed by atoms with E-state index in [-0.39, 0.29) is 11.9 Å². The summed E-state index contributed by atoms with van der Waals surface area (Å²) in [5.41, 5.74) is 1.70. The van der Waals surface area contributed by atoms with Crippen LogP contribution in [0.2, 0.25) is 0 Å². The van der Waals surface area contributed by atoms with E-state index in [1.165, 1.54) is 0 Å². The number of aryl methyl sites for hydroxylation is 1. The maximum absolute atomic E-state index is 12.5. The highest BCUT2D eigenvalue weighted by atomic mass is 32.1. The minimum Gasteiger partial charge on any atom is -0.357 e. The van der Waals surface area contributed by atoms with Gasteiger partial charge in [0.15, 0.2) is 0 Å². The van der Waals surface area contributed by atoms with Crippen molar-refractivity contribution in [2.75, 3.05) is 12.4 Å². The summed E-state index contributed by atoms with van der Waals surface area (Å²) in [6, 6.07) is 7.21. The molecule has 138 valence electrons. The normalized spacial score (nSPS) is 15.9. The van der Waals surface area contributed by atoms with E-state index < -0.39 is 5.54 Å². The predicted molar refractivity (Wildman–Crippen MR) is 104 cm³/mol. The van der Waals surface area contributed by atoms with E-state index in [2.05, 4.69) is 20.9 Å². The summed E-state index contributed by atoms with van der Waals surface area (Å²) in [5.74, 6) is -0.126. The molecule has 1 saturated carbocycles. The fourth-order valence-corrected chi connectivity index (χ4v) is 4.06. The minimum atomic E-state index is -0.819. The van der Waals surface area contributed by atoms with Gasteiger partial charge in [-0.25, -0.2) is 9.78 Å². The van der Waals surface area contributed by atoms with Gasteiger partial charge in [-0.05, 0) is 31.9 Å². The summed E-state index contributed by atoms with van der Waals surface area (Å²) < 4.78 is 0. The van der Waals surface area contributed by atoms with Gasteiger partial charge in [0.1, 0.15) is 5.54 Å². The molecule has 3 amide bonds. The summed E-state index contributed by atoms with van der Waals surface area (Å²) in [5, 5.41) is 11.5. The Morgan fingerprint density at radius 1 is 1.19 bits per heavy atom. The number of thiazole rings is 1. The van der Waals surface area contributed by atoms with E-state index in [4.69, 9.17) is 0 Å². The van der Waals surface area contributed by atoms with Gasteiger partial charge in [0.05, 0.1) is 10.7 Å². The lowest BCUT2D eigenvalue weighted by Gasteiger charge is -2.36. The molecule has 0 radical (unpaired) electrons. The zero-order chi connectivity index (χ0) is 18.6. The topological polar surface area (TPSA) is 83.1 Å². The van der Waals surface area contributed by atoms with Gasteiger partial charge in [-0.2, -0.15) is 0 Å². The number of benzene rings is 1. The Balaban J connectivity index is 1.72. The van der Waals surface area contributed by atoms with Gasteiger partial charge in [0, 0.05) is 23.7 Å². The molecular formula is C19H24N4O2S. The zero-order valence-electron chi connectivity index (χ0n) is 15.1. The monoisotopic (exact) mass is 372 g/mol. The summed E-state index contributed by atoms with van der Waals surface area (Å²) in [6.07, 6.45) is 4.30. The van der Waals surface area contributed by atoms with E-state index in [1.807, 2.05) is 36.6 Å². The summed E-state index contributed by atoms with van der Waals surface area (Å²) in [4.78, 5) is 29.4. The highest BCUT2D eigenvalue weighted by molar-refractivity contribution is 7.09. The number of aromatic nitrogens is 1. The van der Waals surface area contributed by atoms with Crippen LogP contribution >= 0.6 is 11.3 Å². The van der Waals surface area contributed by atoms with Crippen molar-refractivity contribution in [2.24, 2.45) is 0 Å². The molecule has 2 aromatic rings. The van der Waals surface area contributed by atoms with Crippen LogP contribution in [-0.4, -0.2) is 29.5 Å². The number of hydrogen-bond acceptors (Lipinski definition) is 4. The molecule has 0 atom stereocenters. The number of urea groups is 1. The molecule has 1 aliphatic rings. The van der Waals surface area contributed by atoms with Crippen LogP contribution in [0.15, 0.2) is 29.6 Å². The van der Waals surface area contributed by atoms with E-state index in [0.29, 0.717) is 18.5 Å². The largest absolute Gasteiger partial charge is 0.357 e. The van der Waals surface area contributed by atoms with Gasteiger partial charge in [0.25, 0.3) is 0 Å². The number of hydrogen-bond donors (Lipinski definition) is 3. The zero-order valence-corrected chi connectivity index (χ0v) is 15.9. The molecule has 3 rings (SSSR count). The lowest BCUT2D eigenvalue weighted by atomic mass is 9.81. The van der Waals surface area contributed by atoms with Crippen LogP contribution in [0.1, 0.15) is 37.1 Å². The number of carbonyl (C=O) groups is 2. The molecule has 1 aliphatic carbocycles. The first-order valence-corrected chi connectivity index (χ1v) is 9.74. The fraction of sp³-hybridized carbons (Fsp3) is 0.421. The first-order chi connectivity index (χ1) is 12.5. The SMILES string of the molecule is CNC(=O)C1(NC(=O)Nc2cccc(-c3csc(C)n3)c2)CCCCC1. The van der Waals surface area contributed by atoms with Gasteiger partial charge in [-0.15, -0.1) is 11.3 Å². The third-order valence-electron chi connectivity index (χ3n) is 4.76. The number of carbonyl (C=O) groups excluding carboxylic acids is 2. The van der Waals surface area contributed by atoms with Crippen LogP contribution in [0.5, 0.6) is 0 Å². The maximum Gasteiger partial charge on any atom is 0.320 e. The van der Waals surface area contributed by atoms with Crippen molar-refractivity contribution in [3.8, 4) is 11.3 Å². The lowest BCUT2D eigenvalue weighted by molar-refractivity contribution is -0.128. The Morgan fingerprint density at radius 3 is 2.62 bits per heavy atom. The lowest BCUT2D eigenvalue weighted by Crippen LogP contribution is -2.60. The van der Waals surface area contributed by atoms with Crippen molar-refractivity contribution in [3.63, 3.8) is 0 Å². The number of amides is 3. The van der Waals surface area contributed by atoms with Crippen molar-refractivity contribution < 1.29 is 9.59 Å². The third-order valence-corrected chi connectivity index (χ3v) is 5.53. The highest BCUT2D eigenvalue weighted by Crippen LogP contribution is 2.29. The average molecular weight is 372 g/mol. The van der Waals surface area contributed by atoms with Crippen LogP contribution in [0.3, 0.4) is 0 Å². The molecule has 1 aromatic heterocycles. The van der Waals surface area contributed by atoms with Crippen molar-refractivity contribution >= 4 is 29.0 Å². The molecule has 0 unspecified atom stereocenters. The Hall–Kier alpha value is -2.41. The van der Waals surface area contributed by atoms with Gasteiger partial charge in [0.2, 0.25) is 5.91 Å². The van der Waals surface area contributed by atoms with Crippen LogP contribution in [0.4, 0.5) is 10.5 Å². The van der Waals surface area contributed by atoms with Crippen molar-refractivity contribution in [3.05, 3.63) is 34.7 Å². The molecule has 0 spiro atoms. The smallest absolute Gasteiger partial charge is 0.320 e. The number of nitrogens with one attached hydrogen (secondary N) is 3. The number of anilines is 1. The van der Waals surface area contributed by atoms with Crippen molar-refractivity contribution in [2.45, 2.75) is 44.6 Å². The Labute approximate surface area is 157 Å². The van der Waals surface area contributed by atoms with Crippen LogP contribution in [0.25, 0.3) is 11.3 Å². The fourth-order valence-electron chi connectivity index (χ4n) is 3.44. The molecule has 6 nitrogen and oxygen atoms in total. The van der Waals surface area contributed by atoms with Gasteiger partial charge < -0.3 is 16.0 Å². The Bertz CT molecular complexity index is 796. The van der Waals surface area contributed by atoms with Gasteiger partial charge in [-0.1, -0.05) is 31.4 Å². The van der Waals surface area contributed by atoms with E-state index in [0.717, 1.165) is 35.5 Å². The molecular weight excluding hydrogens is 348 g/mol. The van der Waals surface area contributed by atoms with Gasteiger partial charge in [-0.3, -0.25) is 4.79 Å². The first kappa shape index (κ1) is 18.4. The summed E-state index contributed by atoms with van der Waals surface area (Å²) >= 11 is 1.59. The van der Waals surface area contributed by atoms with Crippen LogP contribution in [-0.2, 0) is 4.79 Å². The van der Waals surface area contributed by atoms with E-state index in [1.54, 1.807) is 18.4 Å². The molecule has 7 heteroatoms. The highest BCUT2D eigenvalue weighted by Gasteiger charge is 2.40. The standard InChI is InChI=1S/C19H24N4O2S/c1-13-21-16(12-26-13)14-7-6-8-15(11-14)22-18(25)23-19(17(24)20-2)9-4-3-5-10-19/h6-8,11-12H,3-5,9-10H2,1-2H3,(H,20,24)(H2,22,23,25). The molecule has 0 bridgehead atoms. The van der Waals surface area contributed by atoms with E-state index in [9.17, 15) is 9.59 Å². The minimum absolute atomic E-state index is 0.126. The summed E-state index contributed by atoms with van der Waals surface area (Å²) in [7, 11) is 1.61. The second-order valence-electron chi connectivity index (χ2n) is 6.63. The molecule has 1 heterocycles. The van der Waals surface area contributed by atoms with Crippen LogP contribution < -0.4 is 16.0 Å². The Morgan fingerprint density at radius 2 is 1.96 bits per heavy atom. The molecule has 1 fully saturated rings. The second kappa shape index (κ2) is 7.86. The van der Waals surface area contributed by atoms with Crippen molar-refractivity contribution in [1.82, 2.24) is 15.6 Å². The predicted octanol–water partition coefficient (Wildman–Crippen LogP) is 3.69. The molecule has 3 N–H and O–H groups in total. The summed E-state index contributed by atoms with van der Waals surface area (Å²) in [6.45, 7) is 1.96. The Kier molecular flexibility index (Phi) is 5.56. The third kappa shape index (κ3) is 4.04. The number of rotatable bonds is 4. The average Bonchev–Trinajstić information content (AvgIpc) is 3.08. The molecule has 0 saturated heterocycles. The molecule has 26 heavy (non-hydrogen) atoms. The van der Waals surface area contributed by atoms with Crippen molar-refractivity contribution in [1.29, 1.82) is 0 Å². The molecule has 1 aromatic carbocycles. The van der Waals surface area contributed by atoms with E-state index >= 15 is 0 Å².